The Hall–Kier alpha value is -2.14. The van der Waals surface area contributed by atoms with Crippen molar-refractivity contribution in [2.75, 3.05) is 0 Å². The van der Waals surface area contributed by atoms with Gasteiger partial charge in [-0.1, -0.05) is 6.07 Å². The molecule has 3 rings (SSSR count). The third-order valence-corrected chi connectivity index (χ3v) is 3.69. The molecule has 0 bridgehead atoms. The van der Waals surface area contributed by atoms with Gasteiger partial charge in [0.05, 0.1) is 5.69 Å². The van der Waals surface area contributed by atoms with Gasteiger partial charge in [-0.25, -0.2) is 4.68 Å². The number of carbonyl (C=O) groups excluding carboxylic acids is 1. The first-order chi connectivity index (χ1) is 9.72. The van der Waals surface area contributed by atoms with Crippen molar-refractivity contribution in [1.29, 1.82) is 0 Å². The second-order valence-corrected chi connectivity index (χ2v) is 5.24. The molecule has 2 atom stereocenters. The van der Waals surface area contributed by atoms with E-state index in [2.05, 4.69) is 10.4 Å². The minimum atomic E-state index is -0.0434. The molecule has 2 aromatic rings. The minimum Gasteiger partial charge on any atom is -0.349 e. The zero-order valence-electron chi connectivity index (χ0n) is 11.2. The largest absolute Gasteiger partial charge is 0.349 e. The molecule has 1 aliphatic rings. The standard InChI is InChI=1S/C15H18N4O/c16-12-5-6-13(10-12)18-15(20)11-3-1-4-14(9-11)19-8-2-7-17-19/h1-4,7-9,12-13H,5-6,10,16H2,(H,18,20)/t12-,13-/m0/s1. The van der Waals surface area contributed by atoms with Crippen molar-refractivity contribution in [3.63, 3.8) is 0 Å². The van der Waals surface area contributed by atoms with E-state index in [1.165, 1.54) is 0 Å². The van der Waals surface area contributed by atoms with Crippen LogP contribution < -0.4 is 11.1 Å². The molecule has 1 heterocycles. The van der Waals surface area contributed by atoms with Crippen molar-refractivity contribution < 1.29 is 4.79 Å². The van der Waals surface area contributed by atoms with Crippen LogP contribution in [0.25, 0.3) is 5.69 Å². The Bertz CT molecular complexity index is 594. The molecule has 20 heavy (non-hydrogen) atoms. The quantitative estimate of drug-likeness (QED) is 0.887. The van der Waals surface area contributed by atoms with Crippen LogP contribution in [0.5, 0.6) is 0 Å². The number of amides is 1. The molecule has 1 aromatic carbocycles. The van der Waals surface area contributed by atoms with E-state index in [4.69, 9.17) is 5.73 Å². The fraction of sp³-hybridized carbons (Fsp3) is 0.333. The van der Waals surface area contributed by atoms with Crippen LogP contribution in [0.4, 0.5) is 0 Å². The van der Waals surface area contributed by atoms with Crippen molar-refractivity contribution >= 4 is 5.91 Å². The van der Waals surface area contributed by atoms with Crippen LogP contribution in [-0.2, 0) is 0 Å². The van der Waals surface area contributed by atoms with Gasteiger partial charge < -0.3 is 11.1 Å². The summed E-state index contributed by atoms with van der Waals surface area (Å²) in [5.41, 5.74) is 7.40. The monoisotopic (exact) mass is 270 g/mol. The number of nitrogens with zero attached hydrogens (tertiary/aromatic N) is 2. The predicted octanol–water partition coefficient (Wildman–Crippen LogP) is 1.48. The van der Waals surface area contributed by atoms with E-state index in [-0.39, 0.29) is 18.0 Å². The van der Waals surface area contributed by atoms with Crippen LogP contribution in [0.1, 0.15) is 29.6 Å². The summed E-state index contributed by atoms with van der Waals surface area (Å²) in [6.07, 6.45) is 6.38. The lowest BCUT2D eigenvalue weighted by atomic mass is 10.1. The van der Waals surface area contributed by atoms with Gasteiger partial charge >= 0.3 is 0 Å². The zero-order chi connectivity index (χ0) is 13.9. The summed E-state index contributed by atoms with van der Waals surface area (Å²) < 4.78 is 1.74. The normalized spacial score (nSPS) is 21.9. The number of nitrogens with two attached hydrogens (primary N) is 1. The van der Waals surface area contributed by atoms with Gasteiger partial charge in [0, 0.05) is 30.0 Å². The summed E-state index contributed by atoms with van der Waals surface area (Å²) >= 11 is 0. The Labute approximate surface area is 117 Å². The fourth-order valence-corrected chi connectivity index (χ4v) is 2.63. The third-order valence-electron chi connectivity index (χ3n) is 3.69. The molecular formula is C15H18N4O. The second-order valence-electron chi connectivity index (χ2n) is 5.24. The van der Waals surface area contributed by atoms with Crippen molar-refractivity contribution in [3.05, 3.63) is 48.3 Å². The van der Waals surface area contributed by atoms with E-state index in [0.717, 1.165) is 24.9 Å². The van der Waals surface area contributed by atoms with Crippen LogP contribution in [0.2, 0.25) is 0 Å². The average molecular weight is 270 g/mol. The van der Waals surface area contributed by atoms with Crippen LogP contribution in [0, 0.1) is 0 Å². The molecule has 5 heteroatoms. The van der Waals surface area contributed by atoms with Gasteiger partial charge in [0.15, 0.2) is 0 Å². The highest BCUT2D eigenvalue weighted by Gasteiger charge is 2.23. The minimum absolute atomic E-state index is 0.0434. The highest BCUT2D eigenvalue weighted by Crippen LogP contribution is 2.18. The van der Waals surface area contributed by atoms with E-state index in [1.54, 1.807) is 10.9 Å². The zero-order valence-corrected chi connectivity index (χ0v) is 11.2. The summed E-state index contributed by atoms with van der Waals surface area (Å²) in [6.45, 7) is 0. The Balaban J connectivity index is 1.73. The smallest absolute Gasteiger partial charge is 0.251 e. The first-order valence-electron chi connectivity index (χ1n) is 6.89. The Kier molecular flexibility index (Phi) is 3.52. The molecule has 1 fully saturated rings. The third kappa shape index (κ3) is 2.72. The predicted molar refractivity (Wildman–Crippen MR) is 76.6 cm³/mol. The van der Waals surface area contributed by atoms with E-state index in [1.807, 2.05) is 36.5 Å². The molecular weight excluding hydrogens is 252 g/mol. The first kappa shape index (κ1) is 12.9. The number of benzene rings is 1. The average Bonchev–Trinajstić information content (AvgIpc) is 3.11. The molecule has 0 aliphatic heterocycles. The summed E-state index contributed by atoms with van der Waals surface area (Å²) in [4.78, 5) is 12.2. The topological polar surface area (TPSA) is 72.9 Å². The highest BCUT2D eigenvalue weighted by molar-refractivity contribution is 5.94. The molecule has 0 unspecified atom stereocenters. The van der Waals surface area contributed by atoms with Crippen LogP contribution in [-0.4, -0.2) is 27.8 Å². The summed E-state index contributed by atoms with van der Waals surface area (Å²) in [5, 5.41) is 7.22. The molecule has 1 aliphatic carbocycles. The number of aromatic nitrogens is 2. The maximum atomic E-state index is 12.2. The van der Waals surface area contributed by atoms with Crippen LogP contribution in [0.3, 0.4) is 0 Å². The van der Waals surface area contributed by atoms with Gasteiger partial charge in [-0.15, -0.1) is 0 Å². The Morgan fingerprint density at radius 1 is 1.35 bits per heavy atom. The van der Waals surface area contributed by atoms with Crippen molar-refractivity contribution in [1.82, 2.24) is 15.1 Å². The molecule has 0 radical (unpaired) electrons. The van der Waals surface area contributed by atoms with E-state index in [0.29, 0.717) is 5.56 Å². The highest BCUT2D eigenvalue weighted by atomic mass is 16.1. The maximum Gasteiger partial charge on any atom is 0.251 e. The van der Waals surface area contributed by atoms with E-state index >= 15 is 0 Å². The summed E-state index contributed by atoms with van der Waals surface area (Å²) in [5.74, 6) is -0.0434. The number of rotatable bonds is 3. The van der Waals surface area contributed by atoms with Crippen LogP contribution >= 0.6 is 0 Å². The van der Waals surface area contributed by atoms with Crippen molar-refractivity contribution in [2.24, 2.45) is 5.73 Å². The van der Waals surface area contributed by atoms with Crippen molar-refractivity contribution in [2.45, 2.75) is 31.3 Å². The number of nitrogens with one attached hydrogen (secondary N) is 1. The van der Waals surface area contributed by atoms with E-state index < -0.39 is 0 Å². The van der Waals surface area contributed by atoms with Gasteiger partial charge in [-0.3, -0.25) is 4.79 Å². The van der Waals surface area contributed by atoms with Crippen LogP contribution in [0.15, 0.2) is 42.7 Å². The Morgan fingerprint density at radius 3 is 2.95 bits per heavy atom. The summed E-state index contributed by atoms with van der Waals surface area (Å²) in [6, 6.07) is 9.73. The summed E-state index contributed by atoms with van der Waals surface area (Å²) in [7, 11) is 0. The van der Waals surface area contributed by atoms with Crippen molar-refractivity contribution in [3.8, 4) is 5.69 Å². The first-order valence-corrected chi connectivity index (χ1v) is 6.89. The lowest BCUT2D eigenvalue weighted by Crippen LogP contribution is -2.34. The van der Waals surface area contributed by atoms with E-state index in [9.17, 15) is 4.79 Å². The van der Waals surface area contributed by atoms with Gasteiger partial charge in [-0.05, 0) is 43.5 Å². The number of hydrogen-bond acceptors (Lipinski definition) is 3. The second kappa shape index (κ2) is 5.46. The molecule has 0 saturated heterocycles. The van der Waals surface area contributed by atoms with Gasteiger partial charge in [0.1, 0.15) is 0 Å². The molecule has 104 valence electrons. The van der Waals surface area contributed by atoms with Gasteiger partial charge in [-0.2, -0.15) is 5.10 Å². The molecule has 1 amide bonds. The van der Waals surface area contributed by atoms with Gasteiger partial charge in [0.2, 0.25) is 0 Å². The number of hydrogen-bond donors (Lipinski definition) is 2. The SMILES string of the molecule is N[C@H]1CC[C@H](NC(=O)c2cccc(-n3cccn3)c2)C1. The fourth-order valence-electron chi connectivity index (χ4n) is 2.63. The molecule has 1 aromatic heterocycles. The lowest BCUT2D eigenvalue weighted by molar-refractivity contribution is 0.0937. The Morgan fingerprint density at radius 2 is 2.25 bits per heavy atom. The van der Waals surface area contributed by atoms with Gasteiger partial charge in [0.25, 0.3) is 5.91 Å². The lowest BCUT2D eigenvalue weighted by Gasteiger charge is -2.13. The molecule has 5 nitrogen and oxygen atoms in total. The maximum absolute atomic E-state index is 12.2. The number of carbonyl (C=O) groups is 1. The molecule has 0 spiro atoms. The molecule has 3 N–H and O–H groups in total. The molecule has 1 saturated carbocycles.